The van der Waals surface area contributed by atoms with Gasteiger partial charge in [-0.05, 0) is 39.0 Å². The molecule has 3 nitrogen and oxygen atoms in total. The van der Waals surface area contributed by atoms with Crippen LogP contribution in [0.1, 0.15) is 33.6 Å². The molecule has 0 saturated carbocycles. The molecule has 0 bridgehead atoms. The lowest BCUT2D eigenvalue weighted by molar-refractivity contribution is 0.279. The van der Waals surface area contributed by atoms with Gasteiger partial charge in [0.1, 0.15) is 0 Å². The predicted octanol–water partition coefficient (Wildman–Crippen LogP) is 2.28. The van der Waals surface area contributed by atoms with Gasteiger partial charge in [-0.3, -0.25) is 4.72 Å². The van der Waals surface area contributed by atoms with E-state index in [-0.39, 0.29) is 0 Å². The Hall–Kier alpha value is 0.930. The highest BCUT2D eigenvalue weighted by Gasteiger charge is 2.02. The Kier molecular flexibility index (Phi) is 12.6. The largest absolute Gasteiger partial charge is 0.314 e. The van der Waals surface area contributed by atoms with Gasteiger partial charge in [-0.1, -0.05) is 20.8 Å². The average Bonchev–Trinajstić information content (AvgIpc) is 2.26. The fourth-order valence-electron chi connectivity index (χ4n) is 1.60. The van der Waals surface area contributed by atoms with Crippen LogP contribution in [0.4, 0.5) is 0 Å². The van der Waals surface area contributed by atoms with Crippen LogP contribution >= 0.6 is 32.5 Å². The van der Waals surface area contributed by atoms with Crippen molar-refractivity contribution in [2.24, 2.45) is 0 Å². The van der Waals surface area contributed by atoms with Gasteiger partial charge in [0, 0.05) is 12.6 Å². The van der Waals surface area contributed by atoms with Gasteiger partial charge < -0.3 is 10.2 Å². The molecule has 0 aromatic heterocycles. The third-order valence-electron chi connectivity index (χ3n) is 2.56. The highest BCUT2D eigenvalue weighted by molar-refractivity contribution is 9.08. The lowest BCUT2D eigenvalue weighted by Crippen LogP contribution is -2.31. The number of nitrogens with one attached hydrogen (secondary N) is 2. The third-order valence-corrected chi connectivity index (χ3v) is 3.91. The fourth-order valence-corrected chi connectivity index (χ4v) is 2.56. The van der Waals surface area contributed by atoms with Crippen molar-refractivity contribution in [2.45, 2.75) is 39.7 Å². The van der Waals surface area contributed by atoms with Gasteiger partial charge in [-0.15, -0.1) is 32.5 Å². The van der Waals surface area contributed by atoms with Crippen molar-refractivity contribution in [1.82, 2.24) is 14.9 Å². The van der Waals surface area contributed by atoms with Crippen molar-refractivity contribution >= 4 is 32.5 Å². The molecule has 6 heteroatoms. The Labute approximate surface area is 120 Å². The molecule has 0 aliphatic heterocycles. The molecule has 0 aromatic rings. The van der Waals surface area contributed by atoms with Crippen LogP contribution in [0.5, 0.6) is 0 Å². The van der Waals surface area contributed by atoms with E-state index in [1.165, 1.54) is 19.4 Å². The molecule has 0 aliphatic rings. The third kappa shape index (κ3) is 13.2. The molecule has 0 amide bonds. The zero-order valence-corrected chi connectivity index (χ0v) is 14.0. The van der Waals surface area contributed by atoms with Gasteiger partial charge in [0.2, 0.25) is 0 Å². The molecule has 0 aromatic carbocycles. The quantitative estimate of drug-likeness (QED) is 0.230. The van der Waals surface area contributed by atoms with E-state index >= 15 is 0 Å². The summed E-state index contributed by atoms with van der Waals surface area (Å²) in [6.07, 6.45) is 2.40. The van der Waals surface area contributed by atoms with Crippen LogP contribution in [0.2, 0.25) is 0 Å². The van der Waals surface area contributed by atoms with Crippen molar-refractivity contribution in [3.05, 3.63) is 0 Å². The lowest BCUT2D eigenvalue weighted by atomic mass is 10.3. The zero-order chi connectivity index (χ0) is 13.1. The van der Waals surface area contributed by atoms with E-state index in [0.29, 0.717) is 6.04 Å². The van der Waals surface area contributed by atoms with Crippen LogP contribution in [0, 0.1) is 0 Å². The predicted molar refractivity (Wildman–Crippen MR) is 89.4 cm³/mol. The average molecular weight is 300 g/mol. The molecular weight excluding hydrogens is 270 g/mol. The number of hydrogen-bond donors (Lipinski definition) is 5. The van der Waals surface area contributed by atoms with Gasteiger partial charge in [0.25, 0.3) is 0 Å². The minimum Gasteiger partial charge on any atom is -0.314 e. The fraction of sp³-hybridized carbons (Fsp3) is 1.00. The molecule has 106 valence electrons. The van der Waals surface area contributed by atoms with E-state index < -0.39 is 9.15 Å². The minimum atomic E-state index is -0.546. The second kappa shape index (κ2) is 12.0. The summed E-state index contributed by atoms with van der Waals surface area (Å²) in [5.41, 5.74) is 0. The Morgan fingerprint density at radius 1 is 1.12 bits per heavy atom. The SMILES string of the molecule is CCN(CCCNC(C)C)CCCN[SH](S)S. The highest BCUT2D eigenvalue weighted by atomic mass is 33.5. The summed E-state index contributed by atoms with van der Waals surface area (Å²) in [5, 5.41) is 3.45. The van der Waals surface area contributed by atoms with Crippen molar-refractivity contribution in [3.63, 3.8) is 0 Å². The molecule has 0 heterocycles. The summed E-state index contributed by atoms with van der Waals surface area (Å²) in [6, 6.07) is 0.597. The van der Waals surface area contributed by atoms with Crippen LogP contribution in [0.3, 0.4) is 0 Å². The molecule has 0 rings (SSSR count). The second-order valence-electron chi connectivity index (χ2n) is 4.45. The van der Waals surface area contributed by atoms with Crippen molar-refractivity contribution in [2.75, 3.05) is 32.7 Å². The maximum Gasteiger partial charge on any atom is 0.00680 e. The van der Waals surface area contributed by atoms with Crippen molar-refractivity contribution in [1.29, 1.82) is 0 Å². The molecular formula is C11H29N3S3. The molecule has 0 radical (unpaired) electrons. The molecule has 0 saturated heterocycles. The summed E-state index contributed by atoms with van der Waals surface area (Å²) in [5.74, 6) is 0. The first kappa shape index (κ1) is 17.9. The summed E-state index contributed by atoms with van der Waals surface area (Å²) in [6.45, 7) is 12.2. The standard InChI is InChI=1S/C11H29N3S3/c1-4-14(9-5-7-12-11(2)3)10-6-8-13-17(15)16/h11-13,15-17H,4-10H2,1-3H3. The summed E-state index contributed by atoms with van der Waals surface area (Å²) < 4.78 is 3.26. The van der Waals surface area contributed by atoms with Gasteiger partial charge in [-0.2, -0.15) is 0 Å². The maximum absolute atomic E-state index is 4.23. The first-order chi connectivity index (χ1) is 8.06. The minimum absolute atomic E-state index is 0.546. The maximum atomic E-state index is 4.23. The first-order valence-electron chi connectivity index (χ1n) is 6.43. The van der Waals surface area contributed by atoms with Gasteiger partial charge in [0.15, 0.2) is 0 Å². The number of nitrogens with zero attached hydrogens (tertiary/aromatic N) is 1. The normalized spacial score (nSPS) is 12.5. The Balaban J connectivity index is 3.42. The van der Waals surface area contributed by atoms with Crippen molar-refractivity contribution < 1.29 is 0 Å². The van der Waals surface area contributed by atoms with Gasteiger partial charge in [-0.25, -0.2) is 0 Å². The van der Waals surface area contributed by atoms with E-state index in [1.807, 2.05) is 0 Å². The summed E-state index contributed by atoms with van der Waals surface area (Å²) in [7, 11) is -0.546. The van der Waals surface area contributed by atoms with Crippen molar-refractivity contribution in [3.8, 4) is 0 Å². The first-order valence-corrected chi connectivity index (χ1v) is 10.1. The highest BCUT2D eigenvalue weighted by Crippen LogP contribution is 2.28. The van der Waals surface area contributed by atoms with Gasteiger partial charge in [0.05, 0.1) is 0 Å². The van der Waals surface area contributed by atoms with Crippen LogP contribution in [-0.2, 0) is 0 Å². The number of thiol groups is 3. The van der Waals surface area contributed by atoms with E-state index in [9.17, 15) is 0 Å². The molecule has 0 unspecified atom stereocenters. The van der Waals surface area contributed by atoms with E-state index in [2.05, 4.69) is 59.0 Å². The monoisotopic (exact) mass is 299 g/mol. The lowest BCUT2D eigenvalue weighted by Gasteiger charge is -2.21. The molecule has 0 fully saturated rings. The Morgan fingerprint density at radius 3 is 2.18 bits per heavy atom. The smallest absolute Gasteiger partial charge is 0.00680 e. The van der Waals surface area contributed by atoms with E-state index in [1.54, 1.807) is 0 Å². The van der Waals surface area contributed by atoms with Crippen LogP contribution in [0.15, 0.2) is 0 Å². The molecule has 0 spiro atoms. The topological polar surface area (TPSA) is 27.3 Å². The van der Waals surface area contributed by atoms with E-state index in [0.717, 1.165) is 26.2 Å². The summed E-state index contributed by atoms with van der Waals surface area (Å²) in [4.78, 5) is 2.50. The van der Waals surface area contributed by atoms with Crippen LogP contribution in [0.25, 0.3) is 0 Å². The summed E-state index contributed by atoms with van der Waals surface area (Å²) >= 11 is 8.46. The Bertz CT molecular complexity index is 152. The van der Waals surface area contributed by atoms with E-state index in [4.69, 9.17) is 0 Å². The Morgan fingerprint density at radius 2 is 1.71 bits per heavy atom. The molecule has 17 heavy (non-hydrogen) atoms. The van der Waals surface area contributed by atoms with Crippen LogP contribution < -0.4 is 10.0 Å². The number of hydrogen-bond acceptors (Lipinski definition) is 5. The van der Waals surface area contributed by atoms with Gasteiger partial charge >= 0.3 is 0 Å². The molecule has 0 atom stereocenters. The number of rotatable bonds is 11. The second-order valence-corrected chi connectivity index (χ2v) is 8.69. The molecule has 0 aliphatic carbocycles. The molecule has 2 N–H and O–H groups in total. The zero-order valence-electron chi connectivity index (χ0n) is 11.3. The van der Waals surface area contributed by atoms with Crippen LogP contribution in [-0.4, -0.2) is 43.7 Å².